The Kier molecular flexibility index (Phi) is 6.39. The molecule has 0 bridgehead atoms. The molecule has 1 aliphatic heterocycles. The number of carbonyl (C=O) groups is 1. The lowest BCUT2D eigenvalue weighted by atomic mass is 9.89. The van der Waals surface area contributed by atoms with Crippen LogP contribution < -0.4 is 9.62 Å². The zero-order valence-corrected chi connectivity index (χ0v) is 17.9. The molecule has 0 spiro atoms. The summed E-state index contributed by atoms with van der Waals surface area (Å²) < 4.78 is 31.7. The molecule has 7 heteroatoms. The molecule has 1 heterocycles. The van der Waals surface area contributed by atoms with Crippen molar-refractivity contribution < 1.29 is 17.9 Å². The number of hydrogen-bond acceptors (Lipinski definition) is 4. The van der Waals surface area contributed by atoms with Gasteiger partial charge in [0.1, 0.15) is 0 Å². The van der Waals surface area contributed by atoms with Crippen LogP contribution in [0.1, 0.15) is 53.3 Å². The number of nitrogens with one attached hydrogen (secondary N) is 1. The van der Waals surface area contributed by atoms with E-state index in [2.05, 4.69) is 29.6 Å². The first-order valence-corrected chi connectivity index (χ1v) is 12.2. The quantitative estimate of drug-likeness (QED) is 0.686. The summed E-state index contributed by atoms with van der Waals surface area (Å²) in [6, 6.07) is 15.3. The number of carbonyl (C=O) groups excluding carboxylic acids is 1. The summed E-state index contributed by atoms with van der Waals surface area (Å²) in [6.45, 7) is 1.57. The van der Waals surface area contributed by atoms with Crippen LogP contribution in [-0.2, 0) is 21.2 Å². The minimum atomic E-state index is -3.25. The topological polar surface area (TPSA) is 75.7 Å². The third kappa shape index (κ3) is 4.68. The minimum Gasteiger partial charge on any atom is -0.373 e. The van der Waals surface area contributed by atoms with Crippen LogP contribution >= 0.6 is 0 Å². The monoisotopic (exact) mass is 428 g/mol. The molecular weight excluding hydrogens is 400 g/mol. The lowest BCUT2D eigenvalue weighted by Gasteiger charge is -2.25. The van der Waals surface area contributed by atoms with Gasteiger partial charge in [-0.15, -0.1) is 0 Å². The Morgan fingerprint density at radius 3 is 2.83 bits per heavy atom. The van der Waals surface area contributed by atoms with Gasteiger partial charge in [0.15, 0.2) is 0 Å². The van der Waals surface area contributed by atoms with Gasteiger partial charge in [0.2, 0.25) is 10.0 Å². The standard InChI is InChI=1S/C23H28N2O4S/c26-23(19-9-3-10-20(17-19)25-14-6-16-30(25,27)28)24-13-5-15-29-22-12-4-8-18-7-1-2-11-21(18)22/h1-3,7,9-11,17,22H,4-6,8,12-16H2,(H,24,26). The van der Waals surface area contributed by atoms with Crippen LogP contribution in [0.2, 0.25) is 0 Å². The van der Waals surface area contributed by atoms with E-state index in [4.69, 9.17) is 4.74 Å². The van der Waals surface area contributed by atoms with Gasteiger partial charge in [0.05, 0.1) is 17.5 Å². The van der Waals surface area contributed by atoms with Gasteiger partial charge in [-0.3, -0.25) is 9.10 Å². The average Bonchev–Trinajstić information content (AvgIpc) is 3.12. The van der Waals surface area contributed by atoms with Crippen molar-refractivity contribution in [3.05, 3.63) is 65.2 Å². The second kappa shape index (κ2) is 9.18. The van der Waals surface area contributed by atoms with Crippen molar-refractivity contribution in [1.29, 1.82) is 0 Å². The first kappa shape index (κ1) is 20.9. The number of hydrogen-bond donors (Lipinski definition) is 1. The second-order valence-electron chi connectivity index (χ2n) is 7.85. The molecule has 2 aromatic rings. The number of fused-ring (bicyclic) bond motifs is 1. The third-order valence-corrected chi connectivity index (χ3v) is 7.61. The lowest BCUT2D eigenvalue weighted by Crippen LogP contribution is -2.27. The zero-order chi connectivity index (χ0) is 21.0. The van der Waals surface area contributed by atoms with Gasteiger partial charge in [0.25, 0.3) is 5.91 Å². The first-order chi connectivity index (χ1) is 14.5. The summed E-state index contributed by atoms with van der Waals surface area (Å²) in [7, 11) is -3.25. The van der Waals surface area contributed by atoms with Crippen LogP contribution in [0.5, 0.6) is 0 Å². The average molecular weight is 429 g/mol. The lowest BCUT2D eigenvalue weighted by molar-refractivity contribution is 0.0393. The molecule has 0 radical (unpaired) electrons. The van der Waals surface area contributed by atoms with Gasteiger partial charge in [-0.05, 0) is 61.4 Å². The molecule has 1 saturated heterocycles. The molecule has 0 aromatic heterocycles. The Balaban J connectivity index is 1.26. The predicted molar refractivity (Wildman–Crippen MR) is 117 cm³/mol. The Labute approximate surface area is 178 Å². The van der Waals surface area contributed by atoms with Crippen LogP contribution in [0.4, 0.5) is 5.69 Å². The number of sulfonamides is 1. The van der Waals surface area contributed by atoms with E-state index in [1.165, 1.54) is 15.4 Å². The molecular formula is C23H28N2O4S. The van der Waals surface area contributed by atoms with E-state index in [9.17, 15) is 13.2 Å². The van der Waals surface area contributed by atoms with Gasteiger partial charge in [-0.2, -0.15) is 0 Å². The normalized spacial score (nSPS) is 20.0. The number of nitrogens with zero attached hydrogens (tertiary/aromatic N) is 1. The number of benzene rings is 2. The van der Waals surface area contributed by atoms with E-state index in [1.807, 2.05) is 0 Å². The van der Waals surface area contributed by atoms with Gasteiger partial charge in [-0.1, -0.05) is 30.3 Å². The predicted octanol–water partition coefficient (Wildman–Crippen LogP) is 3.44. The van der Waals surface area contributed by atoms with Gasteiger partial charge >= 0.3 is 0 Å². The van der Waals surface area contributed by atoms with Crippen molar-refractivity contribution in [3.8, 4) is 0 Å². The molecule has 160 valence electrons. The fraction of sp³-hybridized carbons (Fsp3) is 0.435. The fourth-order valence-electron chi connectivity index (χ4n) is 4.22. The van der Waals surface area contributed by atoms with Crippen molar-refractivity contribution in [2.24, 2.45) is 0 Å². The molecule has 4 rings (SSSR count). The Hall–Kier alpha value is -2.38. The van der Waals surface area contributed by atoms with E-state index in [-0.39, 0.29) is 17.8 Å². The molecule has 2 aromatic carbocycles. The summed E-state index contributed by atoms with van der Waals surface area (Å²) in [4.78, 5) is 12.5. The van der Waals surface area contributed by atoms with Crippen molar-refractivity contribution in [3.63, 3.8) is 0 Å². The summed E-state index contributed by atoms with van der Waals surface area (Å²) in [5.74, 6) is -0.0361. The highest BCUT2D eigenvalue weighted by Crippen LogP contribution is 2.32. The maximum atomic E-state index is 12.5. The number of rotatable bonds is 7. The molecule has 1 fully saturated rings. The van der Waals surface area contributed by atoms with Crippen LogP contribution in [0, 0.1) is 0 Å². The smallest absolute Gasteiger partial charge is 0.251 e. The van der Waals surface area contributed by atoms with E-state index < -0.39 is 10.0 Å². The molecule has 1 N–H and O–H groups in total. The van der Waals surface area contributed by atoms with E-state index in [0.717, 1.165) is 25.7 Å². The van der Waals surface area contributed by atoms with Crippen molar-refractivity contribution in [2.45, 2.75) is 38.2 Å². The Morgan fingerprint density at radius 2 is 2.00 bits per heavy atom. The van der Waals surface area contributed by atoms with E-state index >= 15 is 0 Å². The summed E-state index contributed by atoms with van der Waals surface area (Å²) in [5.41, 5.74) is 3.69. The van der Waals surface area contributed by atoms with Crippen molar-refractivity contribution in [1.82, 2.24) is 5.32 Å². The maximum absolute atomic E-state index is 12.5. The highest BCUT2D eigenvalue weighted by atomic mass is 32.2. The molecule has 6 nitrogen and oxygen atoms in total. The first-order valence-electron chi connectivity index (χ1n) is 10.6. The molecule has 1 aliphatic carbocycles. The fourth-order valence-corrected chi connectivity index (χ4v) is 5.77. The van der Waals surface area contributed by atoms with Crippen LogP contribution in [-0.4, -0.2) is 39.8 Å². The van der Waals surface area contributed by atoms with Gasteiger partial charge < -0.3 is 10.1 Å². The van der Waals surface area contributed by atoms with Crippen LogP contribution in [0.3, 0.4) is 0 Å². The highest BCUT2D eigenvalue weighted by Gasteiger charge is 2.28. The minimum absolute atomic E-state index is 0.143. The van der Waals surface area contributed by atoms with Crippen molar-refractivity contribution in [2.75, 3.05) is 29.8 Å². The van der Waals surface area contributed by atoms with E-state index in [1.54, 1.807) is 24.3 Å². The molecule has 2 aliphatic rings. The molecule has 1 atom stereocenters. The largest absolute Gasteiger partial charge is 0.373 e. The zero-order valence-electron chi connectivity index (χ0n) is 17.0. The van der Waals surface area contributed by atoms with Gasteiger partial charge in [0, 0.05) is 25.3 Å². The highest BCUT2D eigenvalue weighted by molar-refractivity contribution is 7.93. The number of ether oxygens (including phenoxy) is 1. The SMILES string of the molecule is O=C(NCCCOC1CCCc2ccccc21)c1cccc(N2CCCS2(=O)=O)c1. The molecule has 1 unspecified atom stereocenters. The molecule has 0 saturated carbocycles. The maximum Gasteiger partial charge on any atom is 0.251 e. The third-order valence-electron chi connectivity index (χ3n) is 5.74. The van der Waals surface area contributed by atoms with Gasteiger partial charge in [-0.25, -0.2) is 8.42 Å². The van der Waals surface area contributed by atoms with Crippen molar-refractivity contribution >= 4 is 21.6 Å². The van der Waals surface area contributed by atoms with Crippen LogP contribution in [0.15, 0.2) is 48.5 Å². The Bertz CT molecular complexity index is 1010. The second-order valence-corrected chi connectivity index (χ2v) is 9.86. The van der Waals surface area contributed by atoms with E-state index in [0.29, 0.717) is 37.4 Å². The Morgan fingerprint density at radius 1 is 1.13 bits per heavy atom. The molecule has 1 amide bonds. The number of aryl methyl sites for hydroxylation is 1. The number of amides is 1. The summed E-state index contributed by atoms with van der Waals surface area (Å²) in [6.07, 6.45) is 4.78. The number of anilines is 1. The summed E-state index contributed by atoms with van der Waals surface area (Å²) in [5, 5.41) is 2.91. The van der Waals surface area contributed by atoms with Crippen LogP contribution in [0.25, 0.3) is 0 Å². The summed E-state index contributed by atoms with van der Waals surface area (Å²) >= 11 is 0. The molecule has 30 heavy (non-hydrogen) atoms.